The number of nitro benzene ring substituents is 1. The van der Waals surface area contributed by atoms with Crippen LogP contribution in [-0.2, 0) is 19.1 Å². The van der Waals surface area contributed by atoms with E-state index in [0.29, 0.717) is 11.4 Å². The fourth-order valence-corrected chi connectivity index (χ4v) is 3.23. The highest BCUT2D eigenvalue weighted by molar-refractivity contribution is 6.01. The van der Waals surface area contributed by atoms with Crippen LogP contribution in [0.2, 0.25) is 0 Å². The van der Waals surface area contributed by atoms with Gasteiger partial charge in [0, 0.05) is 17.3 Å². The van der Waals surface area contributed by atoms with Gasteiger partial charge in [0.1, 0.15) is 12.4 Å². The van der Waals surface area contributed by atoms with Crippen LogP contribution in [0.15, 0.2) is 40.7 Å². The van der Waals surface area contributed by atoms with E-state index in [2.05, 4.69) is 10.1 Å². The number of ether oxygens (including phenoxy) is 3. The first-order valence-electron chi connectivity index (χ1n) is 7.94. The monoisotopic (exact) mass is 396 g/mol. The molecule has 0 aromatic heterocycles. The number of benzene rings is 1. The van der Waals surface area contributed by atoms with E-state index in [1.54, 1.807) is 6.92 Å². The molecule has 2 heterocycles. The molecule has 0 fully saturated rings. The quantitative estimate of drug-likeness (QED) is 0.457. The van der Waals surface area contributed by atoms with E-state index in [1.165, 1.54) is 0 Å². The molecule has 28 heavy (non-hydrogen) atoms. The number of halogens is 2. The van der Waals surface area contributed by atoms with Crippen LogP contribution >= 0.6 is 0 Å². The number of alkyl halides is 2. The Kier molecular flexibility index (Phi) is 4.99. The summed E-state index contributed by atoms with van der Waals surface area (Å²) < 4.78 is 40.1. The summed E-state index contributed by atoms with van der Waals surface area (Å²) in [6, 6.07) is 3.05. The van der Waals surface area contributed by atoms with Crippen molar-refractivity contribution in [2.45, 2.75) is 19.5 Å². The maximum atomic E-state index is 12.9. The van der Waals surface area contributed by atoms with Crippen molar-refractivity contribution in [3.63, 3.8) is 0 Å². The van der Waals surface area contributed by atoms with Crippen molar-refractivity contribution in [2.75, 3.05) is 13.7 Å². The lowest BCUT2D eigenvalue weighted by Gasteiger charge is -2.28. The van der Waals surface area contributed by atoms with Gasteiger partial charge in [-0.05, 0) is 13.0 Å². The van der Waals surface area contributed by atoms with E-state index < -0.39 is 40.8 Å². The summed E-state index contributed by atoms with van der Waals surface area (Å²) in [6.07, 6.45) is 0. The van der Waals surface area contributed by atoms with Crippen molar-refractivity contribution >= 4 is 17.6 Å². The number of hydrogen-bond acceptors (Lipinski definition) is 8. The molecule has 11 heteroatoms. The lowest BCUT2D eigenvalue weighted by atomic mass is 9.80. The second-order valence-corrected chi connectivity index (χ2v) is 5.91. The number of nitrogens with zero attached hydrogens (tertiary/aromatic N) is 1. The number of carbonyl (C=O) groups is 2. The number of hydrogen-bond donors (Lipinski definition) is 1. The first-order chi connectivity index (χ1) is 13.2. The van der Waals surface area contributed by atoms with E-state index in [0.717, 1.165) is 25.3 Å². The average molecular weight is 396 g/mol. The Morgan fingerprint density at radius 2 is 2.14 bits per heavy atom. The van der Waals surface area contributed by atoms with Crippen molar-refractivity contribution in [1.29, 1.82) is 0 Å². The predicted octanol–water partition coefficient (Wildman–Crippen LogP) is 2.14. The van der Waals surface area contributed by atoms with Gasteiger partial charge < -0.3 is 19.5 Å². The highest BCUT2D eigenvalue weighted by Crippen LogP contribution is 2.45. The fraction of sp³-hybridized carbons (Fsp3) is 0.294. The van der Waals surface area contributed by atoms with E-state index in [4.69, 9.17) is 9.47 Å². The third-order valence-corrected chi connectivity index (χ3v) is 4.35. The molecule has 3 rings (SSSR count). The molecule has 1 aromatic carbocycles. The van der Waals surface area contributed by atoms with Gasteiger partial charge in [0.05, 0.1) is 40.9 Å². The van der Waals surface area contributed by atoms with Gasteiger partial charge in [-0.15, -0.1) is 0 Å². The molecule has 0 radical (unpaired) electrons. The van der Waals surface area contributed by atoms with Gasteiger partial charge in [0.25, 0.3) is 5.69 Å². The van der Waals surface area contributed by atoms with Gasteiger partial charge in [-0.2, -0.15) is 8.78 Å². The predicted molar refractivity (Wildman–Crippen MR) is 88.3 cm³/mol. The third-order valence-electron chi connectivity index (χ3n) is 4.35. The summed E-state index contributed by atoms with van der Waals surface area (Å²) >= 11 is 0. The number of non-ortho nitro benzene ring substituents is 1. The molecule has 1 N–H and O–H groups in total. The van der Waals surface area contributed by atoms with E-state index in [9.17, 15) is 28.5 Å². The number of cyclic esters (lactones) is 1. The molecule has 1 unspecified atom stereocenters. The molecule has 1 atom stereocenters. The topological polar surface area (TPSA) is 117 Å². The van der Waals surface area contributed by atoms with Crippen LogP contribution in [-0.4, -0.2) is 37.2 Å². The molecule has 2 aliphatic heterocycles. The van der Waals surface area contributed by atoms with Gasteiger partial charge in [0.15, 0.2) is 0 Å². The summed E-state index contributed by atoms with van der Waals surface area (Å²) in [5.74, 6) is -3.24. The summed E-state index contributed by atoms with van der Waals surface area (Å²) in [4.78, 5) is 34.9. The minimum Gasteiger partial charge on any atom is -0.466 e. The first-order valence-corrected chi connectivity index (χ1v) is 7.94. The maximum Gasteiger partial charge on any atom is 0.387 e. The molecular formula is C17H14F2N2O7. The Balaban J connectivity index is 2.24. The Hall–Kier alpha value is -3.50. The van der Waals surface area contributed by atoms with Gasteiger partial charge in [-0.1, -0.05) is 0 Å². The molecule has 0 saturated heterocycles. The Morgan fingerprint density at radius 1 is 1.43 bits per heavy atom. The molecular weight excluding hydrogens is 382 g/mol. The zero-order chi connectivity index (χ0) is 20.6. The van der Waals surface area contributed by atoms with Gasteiger partial charge in [0.2, 0.25) is 0 Å². The van der Waals surface area contributed by atoms with Crippen molar-refractivity contribution in [2.24, 2.45) is 0 Å². The van der Waals surface area contributed by atoms with Gasteiger partial charge in [-0.3, -0.25) is 10.1 Å². The van der Waals surface area contributed by atoms with E-state index >= 15 is 0 Å². The van der Waals surface area contributed by atoms with Crippen LogP contribution in [0.1, 0.15) is 18.4 Å². The maximum absolute atomic E-state index is 12.9. The number of dihydropyridines is 1. The molecule has 1 aromatic rings. The SMILES string of the molecule is COC(=O)C1=C(C)NC2=C(C(=O)OC2)C1c1ccc([N+](=O)[O-])cc1OC(F)F. The third kappa shape index (κ3) is 3.26. The van der Waals surface area contributed by atoms with Crippen molar-refractivity contribution < 1.29 is 37.5 Å². The fourth-order valence-electron chi connectivity index (χ4n) is 3.23. The smallest absolute Gasteiger partial charge is 0.387 e. The molecule has 0 saturated carbocycles. The highest BCUT2D eigenvalue weighted by Gasteiger charge is 2.43. The van der Waals surface area contributed by atoms with Crippen LogP contribution in [0, 0.1) is 10.1 Å². The van der Waals surface area contributed by atoms with Crippen LogP contribution in [0.3, 0.4) is 0 Å². The lowest BCUT2D eigenvalue weighted by molar-refractivity contribution is -0.385. The minimum atomic E-state index is -3.28. The number of nitro groups is 1. The lowest BCUT2D eigenvalue weighted by Crippen LogP contribution is -2.30. The molecule has 0 spiro atoms. The summed E-state index contributed by atoms with van der Waals surface area (Å²) in [5.41, 5.74) is 0.180. The first kappa shape index (κ1) is 19.3. The number of rotatable bonds is 5. The van der Waals surface area contributed by atoms with Crippen LogP contribution in [0.25, 0.3) is 0 Å². The summed E-state index contributed by atoms with van der Waals surface area (Å²) in [6.45, 7) is -1.82. The van der Waals surface area contributed by atoms with Crippen LogP contribution < -0.4 is 10.1 Å². The molecule has 148 valence electrons. The van der Waals surface area contributed by atoms with Gasteiger partial charge >= 0.3 is 18.6 Å². The average Bonchev–Trinajstić information content (AvgIpc) is 3.00. The minimum absolute atomic E-state index is 0.0203. The molecule has 0 amide bonds. The zero-order valence-electron chi connectivity index (χ0n) is 14.7. The van der Waals surface area contributed by atoms with E-state index in [-0.39, 0.29) is 23.3 Å². The number of nitrogens with one attached hydrogen (secondary N) is 1. The number of methoxy groups -OCH3 is 1. The summed E-state index contributed by atoms with van der Waals surface area (Å²) in [7, 11) is 1.13. The van der Waals surface area contributed by atoms with Crippen molar-refractivity contribution in [3.8, 4) is 5.75 Å². The highest BCUT2D eigenvalue weighted by atomic mass is 19.3. The van der Waals surface area contributed by atoms with E-state index in [1.807, 2.05) is 0 Å². The standard InChI is InChI=1S/C17H14F2N2O7/c1-7-12(15(22)26-2)13(14-10(20-7)6-27-16(14)23)9-4-3-8(21(24)25)5-11(9)28-17(18)19/h3-5,13,17,20H,6H2,1-2H3. The normalized spacial score (nSPS) is 18.6. The second-order valence-electron chi connectivity index (χ2n) is 5.91. The van der Waals surface area contributed by atoms with Crippen molar-refractivity contribution in [3.05, 3.63) is 56.4 Å². The van der Waals surface area contributed by atoms with Crippen LogP contribution in [0.4, 0.5) is 14.5 Å². The number of carbonyl (C=O) groups excluding carboxylic acids is 2. The Labute approximate surface area is 156 Å². The molecule has 2 aliphatic rings. The van der Waals surface area contributed by atoms with Crippen LogP contribution in [0.5, 0.6) is 5.75 Å². The Bertz CT molecular complexity index is 939. The van der Waals surface area contributed by atoms with Gasteiger partial charge in [-0.25, -0.2) is 9.59 Å². The number of esters is 2. The largest absolute Gasteiger partial charge is 0.466 e. The molecule has 0 bridgehead atoms. The Morgan fingerprint density at radius 3 is 2.75 bits per heavy atom. The summed E-state index contributed by atoms with van der Waals surface area (Å²) in [5, 5.41) is 13.9. The van der Waals surface area contributed by atoms with Crippen molar-refractivity contribution in [1.82, 2.24) is 5.32 Å². The molecule has 9 nitrogen and oxygen atoms in total. The zero-order valence-corrected chi connectivity index (χ0v) is 14.7. The second kappa shape index (κ2) is 7.25. The molecule has 0 aliphatic carbocycles. The number of allylic oxidation sites excluding steroid dienone is 1.